The first-order valence-electron chi connectivity index (χ1n) is 4.93. The van der Waals surface area contributed by atoms with Crippen molar-refractivity contribution in [3.63, 3.8) is 0 Å². The summed E-state index contributed by atoms with van der Waals surface area (Å²) >= 11 is 3.46. The summed E-state index contributed by atoms with van der Waals surface area (Å²) < 4.78 is 19.7. The summed E-state index contributed by atoms with van der Waals surface area (Å²) in [5.41, 5.74) is 2.07. The van der Waals surface area contributed by atoms with Crippen LogP contribution in [0.2, 0.25) is 0 Å². The van der Waals surface area contributed by atoms with Gasteiger partial charge in [0.2, 0.25) is 0 Å². The van der Waals surface area contributed by atoms with Gasteiger partial charge in [0.25, 0.3) is 5.24 Å². The average molecular weight is 261 g/mol. The Balaban J connectivity index is 3.09. The van der Waals surface area contributed by atoms with Crippen LogP contribution >= 0.6 is 11.6 Å². The van der Waals surface area contributed by atoms with Gasteiger partial charge in [-0.05, 0) is 41.3 Å². The molecule has 0 spiro atoms. The predicted octanol–water partition coefficient (Wildman–Crippen LogP) is 2.74. The van der Waals surface area contributed by atoms with Crippen LogP contribution < -0.4 is 0 Å². The molecule has 0 aliphatic rings. The van der Waals surface area contributed by atoms with Gasteiger partial charge in [-0.1, -0.05) is 19.4 Å². The minimum atomic E-state index is -1.91. The zero-order chi connectivity index (χ0) is 12.1. The quantitative estimate of drug-likeness (QED) is 0.654. The van der Waals surface area contributed by atoms with Crippen molar-refractivity contribution in [1.29, 1.82) is 0 Å². The highest BCUT2D eigenvalue weighted by Crippen LogP contribution is 2.17. The van der Waals surface area contributed by atoms with E-state index < -0.39 is 16.3 Å². The summed E-state index contributed by atoms with van der Waals surface area (Å²) in [4.78, 5) is 11.0. The maximum atomic E-state index is 11.0. The van der Waals surface area contributed by atoms with Crippen LogP contribution in [0.1, 0.15) is 34.8 Å². The molecule has 0 radical (unpaired) electrons. The van der Waals surface area contributed by atoms with Crippen molar-refractivity contribution in [2.45, 2.75) is 25.5 Å². The maximum Gasteiger partial charge on any atom is 0.252 e. The van der Waals surface area contributed by atoms with Gasteiger partial charge in [-0.25, -0.2) is 4.21 Å². The van der Waals surface area contributed by atoms with Gasteiger partial charge in [-0.2, -0.15) is 0 Å². The van der Waals surface area contributed by atoms with E-state index in [0.29, 0.717) is 11.1 Å². The second kappa shape index (κ2) is 6.13. The monoisotopic (exact) mass is 260 g/mol. The Morgan fingerprint density at radius 2 is 2.12 bits per heavy atom. The van der Waals surface area contributed by atoms with Crippen LogP contribution in [0, 0.1) is 0 Å². The van der Waals surface area contributed by atoms with Crippen molar-refractivity contribution >= 4 is 27.9 Å². The summed E-state index contributed by atoms with van der Waals surface area (Å²) in [6, 6.07) is 5.03. The van der Waals surface area contributed by atoms with Crippen LogP contribution in [0.5, 0.6) is 0 Å². The smallest absolute Gasteiger partial charge is 0.252 e. The molecule has 5 heteroatoms. The Morgan fingerprint density at radius 3 is 2.62 bits per heavy atom. The number of benzene rings is 1. The fourth-order valence-corrected chi connectivity index (χ4v) is 2.18. The van der Waals surface area contributed by atoms with E-state index in [1.807, 2.05) is 6.92 Å². The van der Waals surface area contributed by atoms with E-state index in [4.69, 9.17) is 16.2 Å². The van der Waals surface area contributed by atoms with E-state index in [2.05, 4.69) is 0 Å². The molecule has 0 amide bonds. The van der Waals surface area contributed by atoms with E-state index in [1.165, 1.54) is 0 Å². The lowest BCUT2D eigenvalue weighted by molar-refractivity contribution is 0.108. The van der Waals surface area contributed by atoms with Crippen molar-refractivity contribution in [3.05, 3.63) is 34.9 Å². The van der Waals surface area contributed by atoms with E-state index in [-0.39, 0.29) is 5.75 Å². The second-order valence-corrected chi connectivity index (χ2v) is 4.75. The lowest BCUT2D eigenvalue weighted by Crippen LogP contribution is -2.01. The Morgan fingerprint density at radius 1 is 1.44 bits per heavy atom. The van der Waals surface area contributed by atoms with Crippen LogP contribution in [-0.4, -0.2) is 14.0 Å². The zero-order valence-corrected chi connectivity index (χ0v) is 10.5. The molecule has 0 saturated heterocycles. The largest absolute Gasteiger partial charge is 0.306 e. The second-order valence-electron chi connectivity index (χ2n) is 3.47. The minimum Gasteiger partial charge on any atom is -0.306 e. The molecule has 0 heterocycles. The molecule has 0 aliphatic carbocycles. The molecule has 0 aromatic heterocycles. The van der Waals surface area contributed by atoms with E-state index >= 15 is 0 Å². The number of rotatable bonds is 5. The number of carbonyl (C=O) groups excluding carboxylic acids is 1. The molecule has 88 valence electrons. The molecule has 0 fully saturated rings. The molecule has 3 nitrogen and oxygen atoms in total. The molecule has 0 bridgehead atoms. The molecule has 1 rings (SSSR count). The third-order valence-corrected chi connectivity index (χ3v) is 3.01. The number of hydrogen-bond acceptors (Lipinski definition) is 2. The topological polar surface area (TPSA) is 54.4 Å². The van der Waals surface area contributed by atoms with Crippen molar-refractivity contribution in [2.75, 3.05) is 0 Å². The van der Waals surface area contributed by atoms with Crippen molar-refractivity contribution < 1.29 is 13.6 Å². The van der Waals surface area contributed by atoms with E-state index in [1.54, 1.807) is 18.2 Å². The molecule has 0 aliphatic heterocycles. The predicted molar refractivity (Wildman–Crippen MR) is 65.1 cm³/mol. The van der Waals surface area contributed by atoms with Gasteiger partial charge in [-0.15, -0.1) is 0 Å². The minimum absolute atomic E-state index is 0.0351. The number of halogens is 1. The normalized spacial score (nSPS) is 12.4. The lowest BCUT2D eigenvalue weighted by atomic mass is 10.0. The third-order valence-electron chi connectivity index (χ3n) is 2.23. The average Bonchev–Trinajstić information content (AvgIpc) is 2.19. The summed E-state index contributed by atoms with van der Waals surface area (Å²) in [6.07, 6.45) is 1.77. The van der Waals surface area contributed by atoms with Gasteiger partial charge in [0.15, 0.2) is 11.1 Å². The van der Waals surface area contributed by atoms with Gasteiger partial charge < -0.3 is 4.55 Å². The van der Waals surface area contributed by atoms with Crippen LogP contribution in [0.3, 0.4) is 0 Å². The van der Waals surface area contributed by atoms with Gasteiger partial charge in [0.1, 0.15) is 0 Å². The molecule has 1 aromatic rings. The molecule has 1 unspecified atom stereocenters. The summed E-state index contributed by atoms with van der Waals surface area (Å²) in [7, 11) is 0. The molecule has 1 atom stereocenters. The molecule has 1 aromatic carbocycles. The highest BCUT2D eigenvalue weighted by atomic mass is 35.5. The van der Waals surface area contributed by atoms with Crippen molar-refractivity contribution in [2.24, 2.45) is 0 Å². The zero-order valence-electron chi connectivity index (χ0n) is 8.90. The fraction of sp³-hybridized carbons (Fsp3) is 0.364. The third kappa shape index (κ3) is 3.70. The van der Waals surface area contributed by atoms with Gasteiger partial charge in [-0.3, -0.25) is 4.79 Å². The Hall–Kier alpha value is -0.710. The Labute approximate surface area is 102 Å². The van der Waals surface area contributed by atoms with Crippen LogP contribution in [-0.2, 0) is 23.3 Å². The number of aryl methyl sites for hydroxylation is 1. The van der Waals surface area contributed by atoms with Crippen molar-refractivity contribution in [1.82, 2.24) is 0 Å². The van der Waals surface area contributed by atoms with Crippen molar-refractivity contribution in [3.8, 4) is 0 Å². The summed E-state index contributed by atoms with van der Waals surface area (Å²) in [5.74, 6) is 0.0351. The molecular formula is C11H13ClO3S. The Kier molecular flexibility index (Phi) is 5.12. The van der Waals surface area contributed by atoms with E-state index in [9.17, 15) is 9.00 Å². The first-order chi connectivity index (χ1) is 7.54. The highest BCUT2D eigenvalue weighted by molar-refractivity contribution is 7.78. The standard InChI is InChI=1S/C11H13ClO3S/c1-2-3-8-4-5-9(11(12)13)6-10(8)7-16(14)15/h4-6H,2-3,7H2,1H3,(H,14,15). The molecular weight excluding hydrogens is 248 g/mol. The molecule has 1 N–H and O–H groups in total. The SMILES string of the molecule is CCCc1ccc(C(=O)Cl)cc1CS(=O)O. The summed E-state index contributed by atoms with van der Waals surface area (Å²) in [6.45, 7) is 2.03. The summed E-state index contributed by atoms with van der Waals surface area (Å²) in [5, 5.41) is -0.548. The van der Waals surface area contributed by atoms with Gasteiger partial charge in [0.05, 0.1) is 5.75 Å². The van der Waals surface area contributed by atoms with Gasteiger partial charge in [0, 0.05) is 5.56 Å². The number of carbonyl (C=O) groups is 1. The van der Waals surface area contributed by atoms with Crippen LogP contribution in [0.15, 0.2) is 18.2 Å². The fourth-order valence-electron chi connectivity index (χ4n) is 1.53. The molecule has 16 heavy (non-hydrogen) atoms. The highest BCUT2D eigenvalue weighted by Gasteiger charge is 2.09. The Bertz CT molecular complexity index is 418. The molecule has 0 saturated carbocycles. The first-order valence-corrected chi connectivity index (χ1v) is 6.59. The number of hydrogen-bond donors (Lipinski definition) is 1. The van der Waals surface area contributed by atoms with Crippen LogP contribution in [0.25, 0.3) is 0 Å². The van der Waals surface area contributed by atoms with Crippen LogP contribution in [0.4, 0.5) is 0 Å². The lowest BCUT2D eigenvalue weighted by Gasteiger charge is -2.08. The van der Waals surface area contributed by atoms with Gasteiger partial charge >= 0.3 is 0 Å². The first kappa shape index (κ1) is 13.4. The maximum absolute atomic E-state index is 11.0. The van der Waals surface area contributed by atoms with E-state index in [0.717, 1.165) is 18.4 Å².